The molecule has 2 rings (SSSR count). The van der Waals surface area contributed by atoms with Gasteiger partial charge in [-0.1, -0.05) is 6.07 Å². The van der Waals surface area contributed by atoms with E-state index < -0.39 is 17.5 Å². The third kappa shape index (κ3) is 3.25. The number of benzene rings is 1. The number of carbonyl (C=O) groups is 1. The van der Waals surface area contributed by atoms with Crippen molar-refractivity contribution >= 4 is 11.6 Å². The molecule has 1 aromatic heterocycles. The lowest BCUT2D eigenvalue weighted by Gasteiger charge is -2.07. The molecule has 0 fully saturated rings. The van der Waals surface area contributed by atoms with Gasteiger partial charge < -0.3 is 9.88 Å². The van der Waals surface area contributed by atoms with Crippen LogP contribution in [0.3, 0.4) is 0 Å². The van der Waals surface area contributed by atoms with Crippen LogP contribution < -0.4 is 10.9 Å². The van der Waals surface area contributed by atoms with Crippen LogP contribution in [0, 0.1) is 11.6 Å². The molecule has 0 aliphatic heterocycles. The van der Waals surface area contributed by atoms with Crippen LogP contribution in [0.5, 0.6) is 0 Å². The highest BCUT2D eigenvalue weighted by molar-refractivity contribution is 5.90. The molecule has 0 saturated carbocycles. The van der Waals surface area contributed by atoms with Crippen LogP contribution >= 0.6 is 0 Å². The largest absolute Gasteiger partial charge is 0.322 e. The molecule has 4 nitrogen and oxygen atoms in total. The number of hydrogen-bond donors (Lipinski definition) is 1. The van der Waals surface area contributed by atoms with Crippen LogP contribution in [0.25, 0.3) is 0 Å². The summed E-state index contributed by atoms with van der Waals surface area (Å²) in [4.78, 5) is 23.0. The predicted octanol–water partition coefficient (Wildman–Crippen LogP) is 1.77. The Balaban J connectivity index is 2.10. The van der Waals surface area contributed by atoms with Gasteiger partial charge in [-0.05, 0) is 18.2 Å². The first-order valence-corrected chi connectivity index (χ1v) is 5.46. The summed E-state index contributed by atoms with van der Waals surface area (Å²) < 4.78 is 27.2. The molecule has 0 aliphatic rings. The molecule has 0 unspecified atom stereocenters. The third-order valence-corrected chi connectivity index (χ3v) is 2.42. The maximum absolute atomic E-state index is 13.3. The minimum Gasteiger partial charge on any atom is -0.322 e. The van der Waals surface area contributed by atoms with Gasteiger partial charge in [-0.15, -0.1) is 0 Å². The van der Waals surface area contributed by atoms with Gasteiger partial charge >= 0.3 is 0 Å². The van der Waals surface area contributed by atoms with Crippen LogP contribution in [0.4, 0.5) is 14.5 Å². The number of amides is 1. The predicted molar refractivity (Wildman–Crippen MR) is 65.7 cm³/mol. The normalized spacial score (nSPS) is 10.2. The van der Waals surface area contributed by atoms with Gasteiger partial charge in [0.05, 0.1) is 5.69 Å². The molecule has 1 amide bonds. The number of anilines is 1. The van der Waals surface area contributed by atoms with Crippen LogP contribution in [0.1, 0.15) is 0 Å². The van der Waals surface area contributed by atoms with Crippen molar-refractivity contribution in [3.05, 3.63) is 64.6 Å². The number of carbonyl (C=O) groups excluding carboxylic acids is 1. The summed E-state index contributed by atoms with van der Waals surface area (Å²) in [5.74, 6) is -2.16. The lowest BCUT2D eigenvalue weighted by atomic mass is 10.3. The molecule has 0 radical (unpaired) electrons. The molecule has 0 atom stereocenters. The van der Waals surface area contributed by atoms with E-state index in [2.05, 4.69) is 5.32 Å². The van der Waals surface area contributed by atoms with Crippen LogP contribution in [0.2, 0.25) is 0 Å². The van der Waals surface area contributed by atoms with E-state index in [1.165, 1.54) is 16.8 Å². The molecule has 1 heterocycles. The van der Waals surface area contributed by atoms with Crippen molar-refractivity contribution in [3.8, 4) is 0 Å². The quantitative estimate of drug-likeness (QED) is 0.918. The fraction of sp³-hybridized carbons (Fsp3) is 0.0769. The number of hydrogen-bond acceptors (Lipinski definition) is 2. The first-order chi connectivity index (χ1) is 9.06. The van der Waals surface area contributed by atoms with E-state index in [9.17, 15) is 18.4 Å². The number of rotatable bonds is 3. The highest BCUT2D eigenvalue weighted by atomic mass is 19.1. The summed E-state index contributed by atoms with van der Waals surface area (Å²) in [6.07, 6.45) is 1.45. The van der Waals surface area contributed by atoms with Crippen molar-refractivity contribution in [3.63, 3.8) is 0 Å². The zero-order valence-electron chi connectivity index (χ0n) is 9.77. The molecular weight excluding hydrogens is 254 g/mol. The van der Waals surface area contributed by atoms with Gasteiger partial charge in [0.1, 0.15) is 18.2 Å². The molecule has 2 aromatic rings. The fourth-order valence-corrected chi connectivity index (χ4v) is 1.53. The Kier molecular flexibility index (Phi) is 3.70. The summed E-state index contributed by atoms with van der Waals surface area (Å²) in [5.41, 5.74) is -0.465. The SMILES string of the molecule is O=C(Cn1ccccc1=O)Nc1ccc(F)cc1F. The maximum atomic E-state index is 13.3. The van der Waals surface area contributed by atoms with E-state index in [0.717, 1.165) is 12.1 Å². The standard InChI is InChI=1S/C13H10F2N2O2/c14-9-4-5-11(10(15)7-9)16-12(18)8-17-6-2-1-3-13(17)19/h1-7H,8H2,(H,16,18). The fourth-order valence-electron chi connectivity index (χ4n) is 1.53. The molecule has 6 heteroatoms. The Bertz CT molecular complexity index is 668. The molecule has 19 heavy (non-hydrogen) atoms. The minimum atomic E-state index is -0.867. The van der Waals surface area contributed by atoms with Crippen LogP contribution in [-0.4, -0.2) is 10.5 Å². The van der Waals surface area contributed by atoms with E-state index >= 15 is 0 Å². The molecule has 1 N–H and O–H groups in total. The van der Waals surface area contributed by atoms with Crippen molar-refractivity contribution in [2.45, 2.75) is 6.54 Å². The average Bonchev–Trinajstić information content (AvgIpc) is 2.36. The first-order valence-electron chi connectivity index (χ1n) is 5.46. The van der Waals surface area contributed by atoms with Crippen molar-refractivity contribution in [2.24, 2.45) is 0 Å². The van der Waals surface area contributed by atoms with Gasteiger partial charge in [0.15, 0.2) is 0 Å². The summed E-state index contributed by atoms with van der Waals surface area (Å²) in [6.45, 7) is -0.240. The average molecular weight is 264 g/mol. The molecule has 0 saturated heterocycles. The molecule has 0 spiro atoms. The van der Waals surface area contributed by atoms with Crippen molar-refractivity contribution in [1.29, 1.82) is 0 Å². The van der Waals surface area contributed by atoms with E-state index in [1.807, 2.05) is 0 Å². The lowest BCUT2D eigenvalue weighted by molar-refractivity contribution is -0.116. The van der Waals surface area contributed by atoms with Gasteiger partial charge in [0, 0.05) is 18.3 Å². The summed E-state index contributed by atoms with van der Waals surface area (Å²) in [5, 5.41) is 2.27. The van der Waals surface area contributed by atoms with E-state index in [0.29, 0.717) is 6.07 Å². The van der Waals surface area contributed by atoms with E-state index in [1.54, 1.807) is 12.1 Å². The number of halogens is 2. The Morgan fingerprint density at radius 2 is 2.00 bits per heavy atom. The number of nitrogens with zero attached hydrogens (tertiary/aromatic N) is 1. The monoisotopic (exact) mass is 264 g/mol. The molecular formula is C13H10F2N2O2. The number of nitrogens with one attached hydrogen (secondary N) is 1. The van der Waals surface area contributed by atoms with Gasteiger partial charge in [0.2, 0.25) is 5.91 Å². The van der Waals surface area contributed by atoms with Crippen LogP contribution in [0.15, 0.2) is 47.4 Å². The van der Waals surface area contributed by atoms with Crippen molar-refractivity contribution in [2.75, 3.05) is 5.32 Å². The Morgan fingerprint density at radius 3 is 2.68 bits per heavy atom. The first kappa shape index (κ1) is 12.9. The maximum Gasteiger partial charge on any atom is 0.250 e. The Morgan fingerprint density at radius 1 is 1.21 bits per heavy atom. The molecule has 0 bridgehead atoms. The highest BCUT2D eigenvalue weighted by Gasteiger charge is 2.08. The second kappa shape index (κ2) is 5.43. The van der Waals surface area contributed by atoms with E-state index in [4.69, 9.17) is 0 Å². The summed E-state index contributed by atoms with van der Waals surface area (Å²) in [7, 11) is 0. The molecule has 1 aromatic carbocycles. The topological polar surface area (TPSA) is 51.1 Å². The number of pyridine rings is 1. The lowest BCUT2D eigenvalue weighted by Crippen LogP contribution is -2.26. The van der Waals surface area contributed by atoms with Gasteiger partial charge in [-0.25, -0.2) is 8.78 Å². The summed E-state index contributed by atoms with van der Waals surface area (Å²) in [6, 6.07) is 7.29. The van der Waals surface area contributed by atoms with E-state index in [-0.39, 0.29) is 17.8 Å². The van der Waals surface area contributed by atoms with Gasteiger partial charge in [-0.2, -0.15) is 0 Å². The Labute approximate surface area is 107 Å². The third-order valence-electron chi connectivity index (χ3n) is 2.42. The Hall–Kier alpha value is -2.50. The van der Waals surface area contributed by atoms with Crippen molar-refractivity contribution in [1.82, 2.24) is 4.57 Å². The van der Waals surface area contributed by atoms with Crippen LogP contribution in [-0.2, 0) is 11.3 Å². The molecule has 0 aliphatic carbocycles. The second-order valence-corrected chi connectivity index (χ2v) is 3.84. The minimum absolute atomic E-state index is 0.129. The zero-order valence-corrected chi connectivity index (χ0v) is 9.77. The van der Waals surface area contributed by atoms with Gasteiger partial charge in [0.25, 0.3) is 5.56 Å². The smallest absolute Gasteiger partial charge is 0.250 e. The highest BCUT2D eigenvalue weighted by Crippen LogP contribution is 2.14. The molecule has 98 valence electrons. The summed E-state index contributed by atoms with van der Waals surface area (Å²) >= 11 is 0. The van der Waals surface area contributed by atoms with Gasteiger partial charge in [-0.3, -0.25) is 9.59 Å². The van der Waals surface area contributed by atoms with Crippen molar-refractivity contribution < 1.29 is 13.6 Å². The zero-order chi connectivity index (χ0) is 13.8. The number of aromatic nitrogens is 1. The second-order valence-electron chi connectivity index (χ2n) is 3.84.